The summed E-state index contributed by atoms with van der Waals surface area (Å²) >= 11 is 0. The number of aliphatic hydroxyl groups excluding tert-OH is 1. The number of rotatable bonds is 3. The van der Waals surface area contributed by atoms with E-state index in [-0.39, 0.29) is 12.4 Å². The summed E-state index contributed by atoms with van der Waals surface area (Å²) in [5, 5.41) is 13.6. The van der Waals surface area contributed by atoms with E-state index in [1.54, 1.807) is 16.8 Å². The van der Waals surface area contributed by atoms with Crippen molar-refractivity contribution in [3.05, 3.63) is 72.2 Å². The molecule has 1 N–H and O–H groups in total. The Bertz CT molecular complexity index is 705. The highest BCUT2D eigenvalue weighted by Gasteiger charge is 2.11. The fourth-order valence-corrected chi connectivity index (χ4v) is 2.10. The molecule has 3 nitrogen and oxygen atoms in total. The van der Waals surface area contributed by atoms with Gasteiger partial charge in [-0.2, -0.15) is 5.10 Å². The number of benzene rings is 2. The lowest BCUT2D eigenvalue weighted by Gasteiger charge is -2.07. The molecule has 4 heteroatoms. The standard InChI is InChI=1S/C16H13FN2O/c17-13-6-8-15(9-7-13)19-16(10-14(11-20)18-19)12-4-2-1-3-5-12/h1-10,20H,11H2. The van der Waals surface area contributed by atoms with Crippen LogP contribution in [0.1, 0.15) is 5.69 Å². The predicted molar refractivity (Wildman–Crippen MR) is 74.9 cm³/mol. The maximum atomic E-state index is 13.0. The number of hydrogen-bond acceptors (Lipinski definition) is 2. The van der Waals surface area contributed by atoms with Gasteiger partial charge in [0, 0.05) is 5.56 Å². The molecule has 0 amide bonds. The summed E-state index contributed by atoms with van der Waals surface area (Å²) < 4.78 is 14.7. The number of aliphatic hydroxyl groups is 1. The minimum absolute atomic E-state index is 0.131. The average molecular weight is 268 g/mol. The molecule has 0 unspecified atom stereocenters. The summed E-state index contributed by atoms with van der Waals surface area (Å²) in [6.07, 6.45) is 0. The predicted octanol–water partition coefficient (Wildman–Crippen LogP) is 3.17. The van der Waals surface area contributed by atoms with Crippen LogP contribution < -0.4 is 0 Å². The second-order valence-corrected chi connectivity index (χ2v) is 4.43. The Kier molecular flexibility index (Phi) is 3.31. The summed E-state index contributed by atoms with van der Waals surface area (Å²) in [5.41, 5.74) is 3.18. The first-order chi connectivity index (χ1) is 9.78. The maximum absolute atomic E-state index is 13.0. The number of hydrogen-bond donors (Lipinski definition) is 1. The summed E-state index contributed by atoms with van der Waals surface area (Å²) in [4.78, 5) is 0. The molecule has 20 heavy (non-hydrogen) atoms. The summed E-state index contributed by atoms with van der Waals surface area (Å²) in [6.45, 7) is -0.131. The molecule has 2 aromatic carbocycles. The van der Waals surface area contributed by atoms with Crippen LogP contribution in [0.5, 0.6) is 0 Å². The Morgan fingerprint density at radius 1 is 1.00 bits per heavy atom. The molecule has 1 aromatic heterocycles. The molecule has 3 aromatic rings. The second-order valence-electron chi connectivity index (χ2n) is 4.43. The zero-order chi connectivity index (χ0) is 13.9. The lowest BCUT2D eigenvalue weighted by atomic mass is 10.1. The lowest BCUT2D eigenvalue weighted by molar-refractivity contribution is 0.276. The van der Waals surface area contributed by atoms with E-state index < -0.39 is 0 Å². The van der Waals surface area contributed by atoms with Gasteiger partial charge in [-0.1, -0.05) is 30.3 Å². The molecule has 0 bridgehead atoms. The molecule has 0 aliphatic heterocycles. The van der Waals surface area contributed by atoms with E-state index in [4.69, 9.17) is 0 Å². The molecule has 0 saturated carbocycles. The highest BCUT2D eigenvalue weighted by atomic mass is 19.1. The summed E-state index contributed by atoms with van der Waals surface area (Å²) in [6, 6.07) is 17.7. The molecule has 0 fully saturated rings. The largest absolute Gasteiger partial charge is 0.390 e. The van der Waals surface area contributed by atoms with Gasteiger partial charge in [-0.3, -0.25) is 0 Å². The van der Waals surface area contributed by atoms with Crippen molar-refractivity contribution >= 4 is 0 Å². The van der Waals surface area contributed by atoms with E-state index in [2.05, 4.69) is 5.10 Å². The second kappa shape index (κ2) is 5.27. The van der Waals surface area contributed by atoms with E-state index in [1.807, 2.05) is 36.4 Å². The van der Waals surface area contributed by atoms with Gasteiger partial charge in [0.2, 0.25) is 0 Å². The third kappa shape index (κ3) is 2.33. The van der Waals surface area contributed by atoms with E-state index in [9.17, 15) is 9.50 Å². The third-order valence-corrected chi connectivity index (χ3v) is 3.06. The van der Waals surface area contributed by atoms with Gasteiger partial charge in [0.05, 0.1) is 23.7 Å². The van der Waals surface area contributed by atoms with Gasteiger partial charge in [-0.15, -0.1) is 0 Å². The van der Waals surface area contributed by atoms with Crippen LogP contribution in [0, 0.1) is 5.82 Å². The molecular formula is C16H13FN2O. The normalized spacial score (nSPS) is 10.7. The Labute approximate surface area is 115 Å². The first-order valence-electron chi connectivity index (χ1n) is 6.29. The molecule has 0 radical (unpaired) electrons. The first kappa shape index (κ1) is 12.6. The van der Waals surface area contributed by atoms with Crippen molar-refractivity contribution in [2.75, 3.05) is 0 Å². The van der Waals surface area contributed by atoms with Gasteiger partial charge in [0.25, 0.3) is 0 Å². The lowest BCUT2D eigenvalue weighted by Crippen LogP contribution is -1.99. The van der Waals surface area contributed by atoms with E-state index in [0.29, 0.717) is 5.69 Å². The first-order valence-corrected chi connectivity index (χ1v) is 6.29. The van der Waals surface area contributed by atoms with Crippen LogP contribution in [0.4, 0.5) is 4.39 Å². The highest BCUT2D eigenvalue weighted by Crippen LogP contribution is 2.24. The van der Waals surface area contributed by atoms with Crippen molar-refractivity contribution in [3.8, 4) is 16.9 Å². The number of nitrogens with zero attached hydrogens (tertiary/aromatic N) is 2. The molecule has 0 spiro atoms. The van der Waals surface area contributed by atoms with Crippen LogP contribution >= 0.6 is 0 Å². The minimum Gasteiger partial charge on any atom is -0.390 e. The molecule has 0 aliphatic carbocycles. The highest BCUT2D eigenvalue weighted by molar-refractivity contribution is 5.62. The molecular weight excluding hydrogens is 255 g/mol. The third-order valence-electron chi connectivity index (χ3n) is 3.06. The molecule has 0 aliphatic rings. The zero-order valence-electron chi connectivity index (χ0n) is 10.7. The summed E-state index contributed by atoms with van der Waals surface area (Å²) in [7, 11) is 0. The van der Waals surface area contributed by atoms with Crippen molar-refractivity contribution in [2.45, 2.75) is 6.61 Å². The fourth-order valence-electron chi connectivity index (χ4n) is 2.10. The molecule has 3 rings (SSSR count). The minimum atomic E-state index is -0.287. The Balaban J connectivity index is 2.15. The van der Waals surface area contributed by atoms with Gasteiger partial charge in [-0.25, -0.2) is 9.07 Å². The van der Waals surface area contributed by atoms with Gasteiger partial charge in [0.1, 0.15) is 5.82 Å². The Morgan fingerprint density at radius 3 is 2.35 bits per heavy atom. The van der Waals surface area contributed by atoms with Crippen LogP contribution in [0.15, 0.2) is 60.7 Å². The smallest absolute Gasteiger partial charge is 0.123 e. The number of aromatic nitrogens is 2. The quantitative estimate of drug-likeness (QED) is 0.792. The molecule has 1 heterocycles. The van der Waals surface area contributed by atoms with Crippen molar-refractivity contribution in [1.29, 1.82) is 0 Å². The fraction of sp³-hybridized carbons (Fsp3) is 0.0625. The Morgan fingerprint density at radius 2 is 1.70 bits per heavy atom. The van der Waals surface area contributed by atoms with Crippen LogP contribution in [-0.4, -0.2) is 14.9 Å². The van der Waals surface area contributed by atoms with Crippen LogP contribution in [0.25, 0.3) is 16.9 Å². The van der Waals surface area contributed by atoms with Crippen molar-refractivity contribution in [3.63, 3.8) is 0 Å². The van der Waals surface area contributed by atoms with Crippen molar-refractivity contribution in [2.24, 2.45) is 0 Å². The van der Waals surface area contributed by atoms with Crippen LogP contribution in [-0.2, 0) is 6.61 Å². The van der Waals surface area contributed by atoms with Gasteiger partial charge in [-0.05, 0) is 30.3 Å². The van der Waals surface area contributed by atoms with Gasteiger partial charge >= 0.3 is 0 Å². The monoisotopic (exact) mass is 268 g/mol. The van der Waals surface area contributed by atoms with Gasteiger partial charge < -0.3 is 5.11 Å². The van der Waals surface area contributed by atoms with Crippen molar-refractivity contribution < 1.29 is 9.50 Å². The van der Waals surface area contributed by atoms with E-state index in [1.165, 1.54) is 12.1 Å². The van der Waals surface area contributed by atoms with Crippen LogP contribution in [0.3, 0.4) is 0 Å². The number of halogens is 1. The maximum Gasteiger partial charge on any atom is 0.123 e. The van der Waals surface area contributed by atoms with Gasteiger partial charge in [0.15, 0.2) is 0 Å². The molecule has 100 valence electrons. The Hall–Kier alpha value is -2.46. The van der Waals surface area contributed by atoms with Crippen LogP contribution in [0.2, 0.25) is 0 Å². The average Bonchev–Trinajstić information content (AvgIpc) is 2.93. The topological polar surface area (TPSA) is 38.0 Å². The SMILES string of the molecule is OCc1cc(-c2ccccc2)n(-c2ccc(F)cc2)n1. The zero-order valence-corrected chi connectivity index (χ0v) is 10.7. The molecule has 0 atom stereocenters. The van der Waals surface area contributed by atoms with E-state index >= 15 is 0 Å². The van der Waals surface area contributed by atoms with E-state index in [0.717, 1.165) is 16.9 Å². The van der Waals surface area contributed by atoms with Crippen molar-refractivity contribution in [1.82, 2.24) is 9.78 Å². The molecule has 0 saturated heterocycles. The summed E-state index contributed by atoms with van der Waals surface area (Å²) in [5.74, 6) is -0.287.